The second-order valence-electron chi connectivity index (χ2n) is 6.94. The fraction of sp³-hybridized carbons (Fsp3) is 0.0417. The van der Waals surface area contributed by atoms with E-state index in [0.29, 0.717) is 34.0 Å². The molecule has 0 spiro atoms. The molecule has 31 heavy (non-hydrogen) atoms. The molecule has 3 aromatic rings. The van der Waals surface area contributed by atoms with Crippen molar-refractivity contribution in [1.29, 1.82) is 0 Å². The standard InChI is InChI=1S/C24H17N3O4/c1-30-17-10-8-15(9-11-17)21-14-16(13-18-5-4-12-31-18)24(29)27(21)26-22-19-6-2-3-7-20(19)25-23(22)28/h2-14H,1H3,(H,25,26,28)/b16-13+. The van der Waals surface area contributed by atoms with Crippen LogP contribution in [0.4, 0.5) is 5.69 Å². The van der Waals surface area contributed by atoms with Crippen LogP contribution < -0.4 is 10.1 Å². The molecule has 2 amide bonds. The van der Waals surface area contributed by atoms with Crippen LogP contribution in [-0.4, -0.2) is 29.6 Å². The van der Waals surface area contributed by atoms with Crippen LogP contribution in [0.3, 0.4) is 0 Å². The molecule has 0 saturated carbocycles. The van der Waals surface area contributed by atoms with E-state index in [1.165, 1.54) is 11.3 Å². The van der Waals surface area contributed by atoms with Crippen molar-refractivity contribution in [3.63, 3.8) is 0 Å². The van der Waals surface area contributed by atoms with Gasteiger partial charge in [0.1, 0.15) is 11.5 Å². The third kappa shape index (κ3) is 3.32. The largest absolute Gasteiger partial charge is 0.497 e. The van der Waals surface area contributed by atoms with Gasteiger partial charge < -0.3 is 14.5 Å². The number of anilines is 1. The van der Waals surface area contributed by atoms with Crippen molar-refractivity contribution in [2.24, 2.45) is 5.10 Å². The molecule has 0 unspecified atom stereocenters. The predicted octanol–water partition coefficient (Wildman–Crippen LogP) is 3.91. The molecule has 2 aliphatic heterocycles. The number of nitrogens with zero attached hydrogens (tertiary/aromatic N) is 2. The van der Waals surface area contributed by atoms with Gasteiger partial charge in [-0.2, -0.15) is 10.1 Å². The van der Waals surface area contributed by atoms with Gasteiger partial charge in [0.05, 0.1) is 24.8 Å². The van der Waals surface area contributed by atoms with Crippen molar-refractivity contribution in [1.82, 2.24) is 5.01 Å². The summed E-state index contributed by atoms with van der Waals surface area (Å²) < 4.78 is 10.6. The van der Waals surface area contributed by atoms with E-state index >= 15 is 0 Å². The first kappa shape index (κ1) is 18.6. The number of furan rings is 1. The fourth-order valence-corrected chi connectivity index (χ4v) is 3.50. The molecule has 0 aliphatic carbocycles. The minimum absolute atomic E-state index is 0.183. The lowest BCUT2D eigenvalue weighted by molar-refractivity contribution is -0.123. The Bertz CT molecular complexity index is 1270. The smallest absolute Gasteiger partial charge is 0.278 e. The molecular weight excluding hydrogens is 394 g/mol. The van der Waals surface area contributed by atoms with Gasteiger partial charge in [-0.1, -0.05) is 18.2 Å². The number of amides is 2. The van der Waals surface area contributed by atoms with Gasteiger partial charge in [-0.3, -0.25) is 9.59 Å². The Morgan fingerprint density at radius 1 is 1.03 bits per heavy atom. The maximum Gasteiger partial charge on any atom is 0.278 e. The number of ether oxygens (including phenoxy) is 1. The SMILES string of the molecule is COc1ccc(C2=C/C(=C\c3ccco3)C(=O)N2/N=C2/C(=O)Nc3ccccc32)cc1. The van der Waals surface area contributed by atoms with Crippen molar-refractivity contribution in [2.45, 2.75) is 0 Å². The Morgan fingerprint density at radius 2 is 1.84 bits per heavy atom. The summed E-state index contributed by atoms with van der Waals surface area (Å²) in [6.07, 6.45) is 4.92. The zero-order valence-corrected chi connectivity index (χ0v) is 16.5. The summed E-state index contributed by atoms with van der Waals surface area (Å²) in [4.78, 5) is 25.8. The number of para-hydroxylation sites is 1. The topological polar surface area (TPSA) is 84.1 Å². The van der Waals surface area contributed by atoms with Crippen LogP contribution in [0.15, 0.2) is 88.1 Å². The maximum absolute atomic E-state index is 13.2. The minimum atomic E-state index is -0.355. The third-order valence-electron chi connectivity index (χ3n) is 5.03. The van der Waals surface area contributed by atoms with Crippen molar-refractivity contribution in [2.75, 3.05) is 12.4 Å². The zero-order valence-electron chi connectivity index (χ0n) is 16.5. The summed E-state index contributed by atoms with van der Waals surface area (Å²) in [5.74, 6) is 0.535. The number of hydrazone groups is 1. The molecule has 2 aliphatic rings. The predicted molar refractivity (Wildman–Crippen MR) is 116 cm³/mol. The fourth-order valence-electron chi connectivity index (χ4n) is 3.50. The van der Waals surface area contributed by atoms with Crippen LogP contribution in [0.1, 0.15) is 16.9 Å². The molecular formula is C24H17N3O4. The average molecular weight is 411 g/mol. The van der Waals surface area contributed by atoms with Crippen LogP contribution in [0.5, 0.6) is 5.75 Å². The van der Waals surface area contributed by atoms with E-state index in [-0.39, 0.29) is 17.5 Å². The van der Waals surface area contributed by atoms with Gasteiger partial charge in [0.15, 0.2) is 5.71 Å². The molecule has 1 N–H and O–H groups in total. The van der Waals surface area contributed by atoms with E-state index in [2.05, 4.69) is 10.4 Å². The van der Waals surface area contributed by atoms with Crippen LogP contribution >= 0.6 is 0 Å². The molecule has 152 valence electrons. The van der Waals surface area contributed by atoms with E-state index in [4.69, 9.17) is 9.15 Å². The van der Waals surface area contributed by atoms with Crippen LogP contribution in [0.2, 0.25) is 0 Å². The molecule has 7 nitrogen and oxygen atoms in total. The Morgan fingerprint density at radius 3 is 2.58 bits per heavy atom. The highest BCUT2D eigenvalue weighted by atomic mass is 16.5. The molecule has 0 bridgehead atoms. The number of rotatable bonds is 4. The molecule has 0 radical (unpaired) electrons. The molecule has 0 saturated heterocycles. The summed E-state index contributed by atoms with van der Waals surface area (Å²) in [7, 11) is 1.59. The highest BCUT2D eigenvalue weighted by Crippen LogP contribution is 2.33. The molecule has 7 heteroatoms. The zero-order chi connectivity index (χ0) is 21.4. The van der Waals surface area contributed by atoms with Gasteiger partial charge in [0.25, 0.3) is 11.8 Å². The van der Waals surface area contributed by atoms with E-state index in [0.717, 1.165) is 5.56 Å². The summed E-state index contributed by atoms with van der Waals surface area (Å²) >= 11 is 0. The summed E-state index contributed by atoms with van der Waals surface area (Å²) in [6.45, 7) is 0. The number of benzene rings is 2. The number of nitrogens with one attached hydrogen (secondary N) is 1. The second kappa shape index (κ2) is 7.46. The van der Waals surface area contributed by atoms with Crippen molar-refractivity contribution >= 4 is 35.0 Å². The Hall–Kier alpha value is -4.39. The number of fused-ring (bicyclic) bond motifs is 1. The van der Waals surface area contributed by atoms with Crippen LogP contribution in [0.25, 0.3) is 11.8 Å². The first-order valence-corrected chi connectivity index (χ1v) is 9.59. The monoisotopic (exact) mass is 411 g/mol. The summed E-state index contributed by atoms with van der Waals surface area (Å²) in [6, 6.07) is 18.0. The van der Waals surface area contributed by atoms with Crippen molar-refractivity contribution in [3.8, 4) is 5.75 Å². The summed E-state index contributed by atoms with van der Waals surface area (Å²) in [5.41, 5.74) is 3.21. The third-order valence-corrected chi connectivity index (χ3v) is 5.03. The van der Waals surface area contributed by atoms with E-state index < -0.39 is 0 Å². The normalized spacial score (nSPS) is 17.8. The van der Waals surface area contributed by atoms with Gasteiger partial charge in [-0.05, 0) is 54.6 Å². The van der Waals surface area contributed by atoms with Gasteiger partial charge in [0, 0.05) is 16.7 Å². The quantitative estimate of drug-likeness (QED) is 0.660. The molecule has 2 aromatic carbocycles. The molecule has 0 atom stereocenters. The molecule has 1 aromatic heterocycles. The van der Waals surface area contributed by atoms with E-state index in [9.17, 15) is 9.59 Å². The lowest BCUT2D eigenvalue weighted by Gasteiger charge is -2.16. The lowest BCUT2D eigenvalue weighted by Crippen LogP contribution is -2.25. The van der Waals surface area contributed by atoms with Crippen LogP contribution in [0, 0.1) is 0 Å². The number of carbonyl (C=O) groups is 2. The number of carbonyl (C=O) groups excluding carboxylic acids is 2. The lowest BCUT2D eigenvalue weighted by atomic mass is 10.1. The average Bonchev–Trinajstić information content (AvgIpc) is 3.49. The van der Waals surface area contributed by atoms with Crippen molar-refractivity contribution < 1.29 is 18.7 Å². The Kier molecular flexibility index (Phi) is 4.48. The second-order valence-corrected chi connectivity index (χ2v) is 6.94. The van der Waals surface area contributed by atoms with Gasteiger partial charge >= 0.3 is 0 Å². The Balaban J connectivity index is 1.61. The number of hydrogen-bond acceptors (Lipinski definition) is 5. The molecule has 3 heterocycles. The minimum Gasteiger partial charge on any atom is -0.497 e. The maximum atomic E-state index is 13.2. The van der Waals surface area contributed by atoms with E-state index in [1.807, 2.05) is 24.3 Å². The highest BCUT2D eigenvalue weighted by molar-refractivity contribution is 6.53. The van der Waals surface area contributed by atoms with Crippen molar-refractivity contribution in [3.05, 3.63) is 95.5 Å². The van der Waals surface area contributed by atoms with Gasteiger partial charge in [0.2, 0.25) is 0 Å². The summed E-state index contributed by atoms with van der Waals surface area (Å²) in [5, 5.41) is 8.51. The highest BCUT2D eigenvalue weighted by Gasteiger charge is 2.33. The molecule has 5 rings (SSSR count). The number of hydrogen-bond donors (Lipinski definition) is 1. The Labute approximate surface area is 177 Å². The molecule has 0 fully saturated rings. The first-order valence-electron chi connectivity index (χ1n) is 9.59. The van der Waals surface area contributed by atoms with Gasteiger partial charge in [-0.25, -0.2) is 0 Å². The first-order chi connectivity index (χ1) is 15.1. The van der Waals surface area contributed by atoms with E-state index in [1.54, 1.807) is 55.7 Å². The number of methoxy groups -OCH3 is 1. The van der Waals surface area contributed by atoms with Gasteiger partial charge in [-0.15, -0.1) is 0 Å². The van der Waals surface area contributed by atoms with Crippen LogP contribution in [-0.2, 0) is 9.59 Å².